The lowest BCUT2D eigenvalue weighted by Gasteiger charge is -2.15. The Balaban J connectivity index is 2.57. The van der Waals surface area contributed by atoms with E-state index < -0.39 is 23.5 Å². The highest BCUT2D eigenvalue weighted by atomic mass is 79.9. The molecule has 0 unspecified atom stereocenters. The molecule has 2 N–H and O–H groups in total. The third-order valence-corrected chi connectivity index (χ3v) is 9.69. The van der Waals surface area contributed by atoms with Crippen LogP contribution < -0.4 is 9.47 Å². The van der Waals surface area contributed by atoms with E-state index in [2.05, 4.69) is 95.6 Å². The van der Waals surface area contributed by atoms with Crippen LogP contribution in [0.2, 0.25) is 0 Å². The molecule has 0 heterocycles. The predicted octanol–water partition coefficient (Wildman–Crippen LogP) is 7.10. The first-order valence-electron chi connectivity index (χ1n) is 6.88. The topological polar surface area (TPSA) is 93.1 Å². The van der Waals surface area contributed by atoms with E-state index in [1.807, 2.05) is 0 Å². The number of aliphatic carboxylic acids is 2. The molecule has 28 heavy (non-hydrogen) atoms. The van der Waals surface area contributed by atoms with Crippen molar-refractivity contribution >= 4 is 108 Å². The summed E-state index contributed by atoms with van der Waals surface area (Å²) >= 11 is 19.7. The highest BCUT2D eigenvalue weighted by Crippen LogP contribution is 2.40. The van der Waals surface area contributed by atoms with Gasteiger partial charge < -0.3 is 19.7 Å². The fourth-order valence-electron chi connectivity index (χ4n) is 1.77. The average Bonchev–Trinajstić information content (AvgIpc) is 2.63. The molecule has 0 amide bonds. The molecule has 0 bridgehead atoms. The zero-order valence-corrected chi connectivity index (χ0v) is 22.6. The molecular formula is C16H6Br6O6. The fraction of sp³-hybridized carbons (Fsp3) is 0. The van der Waals surface area contributed by atoms with Crippen molar-refractivity contribution in [1.29, 1.82) is 0 Å². The van der Waals surface area contributed by atoms with Crippen molar-refractivity contribution in [3.05, 3.63) is 62.6 Å². The lowest BCUT2D eigenvalue weighted by atomic mass is 10.3. The highest BCUT2D eigenvalue weighted by Gasteiger charge is 2.28. The van der Waals surface area contributed by atoms with Gasteiger partial charge in [-0.05, 0) is 120 Å². The number of carboxylic acids is 2. The molecule has 148 valence electrons. The van der Waals surface area contributed by atoms with Crippen molar-refractivity contribution in [2.75, 3.05) is 0 Å². The zero-order chi connectivity index (χ0) is 21.2. The maximum absolute atomic E-state index is 11.7. The standard InChI is InChI=1S/C16H6Br6O6/c17-5-1-3-7(11(21)9(5)19)27-13(15(23)24)14(16(25)26)28-8-4-2-6(18)10(20)12(8)22/h1-4H,(H,23,24)(H,25,26). The van der Waals surface area contributed by atoms with Crippen LogP contribution in [0, 0.1) is 0 Å². The van der Waals surface area contributed by atoms with Crippen LogP contribution in [-0.2, 0) is 9.59 Å². The SMILES string of the molecule is O=C(O)C(Oc1ccc(Br)c(Br)c1Br)=C(Oc1ccc(Br)c(Br)c1Br)C(=O)O. The summed E-state index contributed by atoms with van der Waals surface area (Å²) < 4.78 is 14.0. The van der Waals surface area contributed by atoms with E-state index in [9.17, 15) is 19.8 Å². The summed E-state index contributed by atoms with van der Waals surface area (Å²) in [5, 5.41) is 19.0. The molecule has 6 nitrogen and oxygen atoms in total. The Morgan fingerprint density at radius 3 is 1.21 bits per heavy atom. The smallest absolute Gasteiger partial charge is 0.376 e. The maximum Gasteiger partial charge on any atom is 0.376 e. The molecule has 2 aromatic rings. The molecular weight excluding hydrogens is 768 g/mol. The molecule has 12 heteroatoms. The van der Waals surface area contributed by atoms with Gasteiger partial charge in [0, 0.05) is 17.9 Å². The number of ether oxygens (including phenoxy) is 2. The van der Waals surface area contributed by atoms with Crippen molar-refractivity contribution in [2.45, 2.75) is 0 Å². The van der Waals surface area contributed by atoms with Crippen molar-refractivity contribution in [3.8, 4) is 11.5 Å². The Hall–Kier alpha value is -0.400. The van der Waals surface area contributed by atoms with Crippen molar-refractivity contribution in [3.63, 3.8) is 0 Å². The fourth-order valence-corrected chi connectivity index (χ4v) is 4.47. The Bertz CT molecular complexity index is 924. The molecule has 2 rings (SSSR count). The molecule has 0 aliphatic rings. The quantitative estimate of drug-likeness (QED) is 0.185. The Labute approximate surface area is 209 Å². The monoisotopic (exact) mass is 768 g/mol. The second-order valence-corrected chi connectivity index (χ2v) is 9.70. The lowest BCUT2D eigenvalue weighted by molar-refractivity contribution is -0.139. The third kappa shape index (κ3) is 5.39. The van der Waals surface area contributed by atoms with Crippen LogP contribution in [0.1, 0.15) is 0 Å². The minimum atomic E-state index is -1.62. The van der Waals surface area contributed by atoms with E-state index in [0.717, 1.165) is 0 Å². The van der Waals surface area contributed by atoms with Gasteiger partial charge in [-0.1, -0.05) is 0 Å². The number of halogens is 6. The highest BCUT2D eigenvalue weighted by molar-refractivity contribution is 9.15. The van der Waals surface area contributed by atoms with Gasteiger partial charge in [-0.3, -0.25) is 0 Å². The van der Waals surface area contributed by atoms with Crippen LogP contribution in [-0.4, -0.2) is 22.2 Å². The number of carboxylic acid groups (broad SMARTS) is 2. The van der Waals surface area contributed by atoms with Gasteiger partial charge in [0.1, 0.15) is 11.5 Å². The first kappa shape index (κ1) is 23.9. The van der Waals surface area contributed by atoms with E-state index in [1.54, 1.807) is 12.1 Å². The number of rotatable bonds is 6. The van der Waals surface area contributed by atoms with Crippen LogP contribution in [0.4, 0.5) is 0 Å². The molecule has 0 saturated heterocycles. The third-order valence-electron chi connectivity index (χ3n) is 3.02. The summed E-state index contributed by atoms with van der Waals surface area (Å²) in [6.45, 7) is 0. The van der Waals surface area contributed by atoms with Gasteiger partial charge in [-0.2, -0.15) is 0 Å². The Morgan fingerprint density at radius 2 is 0.929 bits per heavy atom. The largest absolute Gasteiger partial charge is 0.475 e. The average molecular weight is 774 g/mol. The van der Waals surface area contributed by atoms with Gasteiger partial charge in [0.15, 0.2) is 0 Å². The van der Waals surface area contributed by atoms with E-state index in [1.165, 1.54) is 12.1 Å². The minimum Gasteiger partial charge on any atom is -0.475 e. The second-order valence-electron chi connectivity index (χ2n) is 4.82. The first-order chi connectivity index (χ1) is 13.0. The van der Waals surface area contributed by atoms with Crippen LogP contribution >= 0.6 is 95.6 Å². The Morgan fingerprint density at radius 1 is 0.607 bits per heavy atom. The zero-order valence-electron chi connectivity index (χ0n) is 13.1. The molecule has 0 saturated carbocycles. The number of hydrogen-bond donors (Lipinski definition) is 2. The van der Waals surface area contributed by atoms with E-state index in [4.69, 9.17) is 9.47 Å². The van der Waals surface area contributed by atoms with Crippen LogP contribution in [0.5, 0.6) is 11.5 Å². The minimum absolute atomic E-state index is 0.0749. The van der Waals surface area contributed by atoms with Gasteiger partial charge >= 0.3 is 11.9 Å². The predicted molar refractivity (Wildman–Crippen MR) is 123 cm³/mol. The van der Waals surface area contributed by atoms with Crippen LogP contribution in [0.3, 0.4) is 0 Å². The molecule has 0 aliphatic carbocycles. The molecule has 0 aliphatic heterocycles. The Kier molecular flexibility index (Phi) is 8.59. The van der Waals surface area contributed by atoms with Crippen molar-refractivity contribution in [1.82, 2.24) is 0 Å². The van der Waals surface area contributed by atoms with Crippen molar-refractivity contribution in [2.24, 2.45) is 0 Å². The summed E-state index contributed by atoms with van der Waals surface area (Å²) in [7, 11) is 0. The van der Waals surface area contributed by atoms with Gasteiger partial charge in [-0.15, -0.1) is 0 Å². The molecule has 0 aromatic heterocycles. The number of carbonyl (C=O) groups is 2. The summed E-state index contributed by atoms with van der Waals surface area (Å²) in [6.07, 6.45) is 0. The van der Waals surface area contributed by atoms with Gasteiger partial charge in [0.05, 0.1) is 8.95 Å². The summed E-state index contributed by atoms with van der Waals surface area (Å²) in [5.41, 5.74) is 0. The van der Waals surface area contributed by atoms with Gasteiger partial charge in [-0.25, -0.2) is 9.59 Å². The number of benzene rings is 2. The summed E-state index contributed by atoms with van der Waals surface area (Å²) in [4.78, 5) is 23.4. The normalized spacial score (nSPS) is 11.6. The molecule has 0 radical (unpaired) electrons. The van der Waals surface area contributed by atoms with E-state index in [0.29, 0.717) is 26.8 Å². The molecule has 2 aromatic carbocycles. The molecule has 0 atom stereocenters. The number of hydrogen-bond acceptors (Lipinski definition) is 4. The molecule has 0 fully saturated rings. The second kappa shape index (κ2) is 10.1. The van der Waals surface area contributed by atoms with Crippen molar-refractivity contribution < 1.29 is 29.3 Å². The first-order valence-corrected chi connectivity index (χ1v) is 11.6. The van der Waals surface area contributed by atoms with Gasteiger partial charge in [0.25, 0.3) is 11.5 Å². The van der Waals surface area contributed by atoms with Crippen LogP contribution in [0.15, 0.2) is 62.6 Å². The summed E-state index contributed by atoms with van der Waals surface area (Å²) in [6, 6.07) is 6.14. The van der Waals surface area contributed by atoms with Crippen LogP contribution in [0.25, 0.3) is 0 Å². The van der Waals surface area contributed by atoms with E-state index >= 15 is 0 Å². The van der Waals surface area contributed by atoms with Gasteiger partial charge in [0.2, 0.25) is 0 Å². The maximum atomic E-state index is 11.7. The molecule has 0 spiro atoms. The lowest BCUT2D eigenvalue weighted by Crippen LogP contribution is -2.20. The van der Waals surface area contributed by atoms with E-state index in [-0.39, 0.29) is 11.5 Å². The summed E-state index contributed by atoms with van der Waals surface area (Å²) in [5.74, 6) is -4.87.